The molecule has 0 unspecified atom stereocenters. The van der Waals surface area contributed by atoms with Gasteiger partial charge in [-0.05, 0) is 49.9 Å². The van der Waals surface area contributed by atoms with Crippen molar-refractivity contribution < 1.29 is 19.4 Å². The van der Waals surface area contributed by atoms with Gasteiger partial charge in [0.1, 0.15) is 11.4 Å². The highest BCUT2D eigenvalue weighted by Gasteiger charge is 2.17. The van der Waals surface area contributed by atoms with Crippen molar-refractivity contribution in [1.82, 2.24) is 0 Å². The lowest BCUT2D eigenvalue weighted by atomic mass is 10.1. The molecule has 0 bridgehead atoms. The topological polar surface area (TPSA) is 144 Å². The molecule has 0 aliphatic heterocycles. The standard InChI is InChI=1S/C20H22N4O6/c1-13-7-9-15(17(11-13)23(27)28)21-19(25)5-3-4-6-20(26)22-16-10-8-14(2)12-18(16)24(29)30/h7-12H,3-6H2,1-2H3,(H,21,25)(H,22,26). The second-order valence-corrected chi connectivity index (χ2v) is 6.86. The van der Waals surface area contributed by atoms with Gasteiger partial charge in [0.2, 0.25) is 11.8 Å². The van der Waals surface area contributed by atoms with Gasteiger partial charge >= 0.3 is 0 Å². The molecule has 10 nitrogen and oxygen atoms in total. The van der Waals surface area contributed by atoms with E-state index < -0.39 is 21.7 Å². The van der Waals surface area contributed by atoms with Gasteiger partial charge in [0.05, 0.1) is 9.85 Å². The molecule has 30 heavy (non-hydrogen) atoms. The lowest BCUT2D eigenvalue weighted by Gasteiger charge is -2.08. The van der Waals surface area contributed by atoms with Gasteiger partial charge in [0.25, 0.3) is 11.4 Å². The number of carbonyl (C=O) groups is 2. The molecule has 2 N–H and O–H groups in total. The number of aryl methyl sites for hydroxylation is 2. The smallest absolute Gasteiger partial charge is 0.293 e. The summed E-state index contributed by atoms with van der Waals surface area (Å²) in [6.07, 6.45) is 0.940. The Balaban J connectivity index is 1.82. The third-order valence-electron chi connectivity index (χ3n) is 4.31. The number of unbranched alkanes of at least 4 members (excludes halogenated alkanes) is 1. The fraction of sp³-hybridized carbons (Fsp3) is 0.300. The van der Waals surface area contributed by atoms with E-state index in [1.807, 2.05) is 0 Å². The summed E-state index contributed by atoms with van der Waals surface area (Å²) in [5.74, 6) is -0.784. The third kappa shape index (κ3) is 6.36. The number of nitro benzene ring substituents is 2. The molecule has 0 saturated heterocycles. The number of nitrogens with one attached hydrogen (secondary N) is 2. The van der Waals surface area contributed by atoms with Crippen molar-refractivity contribution in [3.63, 3.8) is 0 Å². The van der Waals surface area contributed by atoms with Crippen molar-refractivity contribution in [2.75, 3.05) is 10.6 Å². The maximum atomic E-state index is 12.1. The summed E-state index contributed by atoms with van der Waals surface area (Å²) in [5, 5.41) is 27.2. The van der Waals surface area contributed by atoms with E-state index in [0.717, 1.165) is 0 Å². The van der Waals surface area contributed by atoms with Gasteiger partial charge in [-0.15, -0.1) is 0 Å². The summed E-state index contributed by atoms with van der Waals surface area (Å²) in [6.45, 7) is 3.43. The summed E-state index contributed by atoms with van der Waals surface area (Å²) < 4.78 is 0. The van der Waals surface area contributed by atoms with E-state index in [9.17, 15) is 29.8 Å². The van der Waals surface area contributed by atoms with Gasteiger partial charge in [-0.1, -0.05) is 12.1 Å². The molecule has 10 heteroatoms. The van der Waals surface area contributed by atoms with Crippen molar-refractivity contribution in [1.29, 1.82) is 0 Å². The van der Waals surface area contributed by atoms with Crippen molar-refractivity contribution in [2.45, 2.75) is 39.5 Å². The van der Waals surface area contributed by atoms with E-state index in [0.29, 0.717) is 24.0 Å². The first-order chi connectivity index (χ1) is 14.2. The van der Waals surface area contributed by atoms with Gasteiger partial charge in [-0.2, -0.15) is 0 Å². The summed E-state index contributed by atoms with van der Waals surface area (Å²) in [4.78, 5) is 45.2. The number of amides is 2. The third-order valence-corrected chi connectivity index (χ3v) is 4.31. The van der Waals surface area contributed by atoms with E-state index in [-0.39, 0.29) is 35.6 Å². The maximum absolute atomic E-state index is 12.1. The van der Waals surface area contributed by atoms with E-state index in [4.69, 9.17) is 0 Å². The summed E-state index contributed by atoms with van der Waals surface area (Å²) in [7, 11) is 0. The van der Waals surface area contributed by atoms with E-state index >= 15 is 0 Å². The van der Waals surface area contributed by atoms with Crippen molar-refractivity contribution in [2.24, 2.45) is 0 Å². The zero-order chi connectivity index (χ0) is 22.3. The lowest BCUT2D eigenvalue weighted by molar-refractivity contribution is -0.384. The second-order valence-electron chi connectivity index (χ2n) is 6.86. The Labute approximate surface area is 172 Å². The normalized spacial score (nSPS) is 10.3. The van der Waals surface area contributed by atoms with Crippen LogP contribution in [0.25, 0.3) is 0 Å². The molecule has 0 atom stereocenters. The Morgan fingerprint density at radius 1 is 0.767 bits per heavy atom. The number of hydrogen-bond donors (Lipinski definition) is 2. The first-order valence-electron chi connectivity index (χ1n) is 9.27. The Bertz CT molecular complexity index is 910. The van der Waals surface area contributed by atoms with E-state index in [2.05, 4.69) is 10.6 Å². The van der Waals surface area contributed by atoms with Gasteiger partial charge < -0.3 is 10.6 Å². The van der Waals surface area contributed by atoms with Crippen LogP contribution in [-0.4, -0.2) is 21.7 Å². The molecule has 0 heterocycles. The Kier molecular flexibility index (Phi) is 7.56. The minimum absolute atomic E-state index is 0.0863. The summed E-state index contributed by atoms with van der Waals surface area (Å²) >= 11 is 0. The number of nitro groups is 2. The van der Waals surface area contributed by atoms with Crippen LogP contribution in [0.5, 0.6) is 0 Å². The van der Waals surface area contributed by atoms with E-state index in [1.54, 1.807) is 26.0 Å². The zero-order valence-corrected chi connectivity index (χ0v) is 16.6. The first kappa shape index (κ1) is 22.5. The number of carbonyl (C=O) groups excluding carboxylic acids is 2. The molecule has 0 aliphatic carbocycles. The van der Waals surface area contributed by atoms with Crippen molar-refractivity contribution in [3.05, 3.63) is 67.8 Å². The second kappa shape index (κ2) is 10.1. The molecule has 0 radical (unpaired) electrons. The molecular weight excluding hydrogens is 392 g/mol. The van der Waals surface area contributed by atoms with Crippen LogP contribution in [0.15, 0.2) is 36.4 Å². The quantitative estimate of drug-likeness (QED) is 0.356. The molecule has 2 amide bonds. The monoisotopic (exact) mass is 414 g/mol. The van der Waals surface area contributed by atoms with Crippen LogP contribution in [0.3, 0.4) is 0 Å². The zero-order valence-electron chi connectivity index (χ0n) is 16.6. The van der Waals surface area contributed by atoms with Gasteiger partial charge in [0.15, 0.2) is 0 Å². The Hall–Kier alpha value is -3.82. The summed E-state index contributed by atoms with van der Waals surface area (Å²) in [6, 6.07) is 9.05. The highest BCUT2D eigenvalue weighted by atomic mass is 16.6. The first-order valence-corrected chi connectivity index (χ1v) is 9.27. The minimum atomic E-state index is -0.558. The lowest BCUT2D eigenvalue weighted by Crippen LogP contribution is -2.14. The van der Waals surface area contributed by atoms with E-state index in [1.165, 1.54) is 24.3 Å². The number of rotatable bonds is 9. The van der Waals surface area contributed by atoms with Gasteiger partial charge in [0, 0.05) is 25.0 Å². The van der Waals surface area contributed by atoms with Crippen molar-refractivity contribution >= 4 is 34.6 Å². The molecule has 0 fully saturated rings. The predicted octanol–water partition coefficient (Wildman–Crippen LogP) is 4.26. The van der Waals surface area contributed by atoms with Crippen LogP contribution in [0.2, 0.25) is 0 Å². The molecule has 0 spiro atoms. The average molecular weight is 414 g/mol. The molecule has 2 aromatic rings. The molecule has 0 saturated carbocycles. The number of benzene rings is 2. The van der Waals surface area contributed by atoms with Crippen LogP contribution >= 0.6 is 0 Å². The van der Waals surface area contributed by atoms with Crippen LogP contribution in [-0.2, 0) is 9.59 Å². The van der Waals surface area contributed by atoms with Crippen molar-refractivity contribution in [3.8, 4) is 0 Å². The molecule has 2 rings (SSSR count). The van der Waals surface area contributed by atoms with Crippen LogP contribution in [0.4, 0.5) is 22.7 Å². The molecule has 158 valence electrons. The fourth-order valence-corrected chi connectivity index (χ4v) is 2.79. The molecular formula is C20H22N4O6. The molecule has 2 aromatic carbocycles. The fourth-order valence-electron chi connectivity index (χ4n) is 2.79. The summed E-state index contributed by atoms with van der Waals surface area (Å²) in [5.41, 5.74) is 1.31. The largest absolute Gasteiger partial charge is 0.320 e. The van der Waals surface area contributed by atoms with Crippen LogP contribution in [0.1, 0.15) is 36.8 Å². The van der Waals surface area contributed by atoms with Gasteiger partial charge in [-0.3, -0.25) is 29.8 Å². The number of hydrogen-bond acceptors (Lipinski definition) is 6. The van der Waals surface area contributed by atoms with Crippen LogP contribution in [0, 0.1) is 34.1 Å². The Morgan fingerprint density at radius 2 is 1.13 bits per heavy atom. The van der Waals surface area contributed by atoms with Gasteiger partial charge in [-0.25, -0.2) is 0 Å². The predicted molar refractivity (Wildman–Crippen MR) is 111 cm³/mol. The molecule has 0 aliphatic rings. The minimum Gasteiger partial charge on any atom is -0.320 e. The highest BCUT2D eigenvalue weighted by molar-refractivity contribution is 5.94. The molecule has 0 aromatic heterocycles. The highest BCUT2D eigenvalue weighted by Crippen LogP contribution is 2.26. The SMILES string of the molecule is Cc1ccc(NC(=O)CCCCC(=O)Nc2ccc(C)cc2[N+](=O)[O-])c([N+](=O)[O-])c1. The number of nitrogens with zero attached hydrogens (tertiary/aromatic N) is 2. The van der Waals surface area contributed by atoms with Crippen LogP contribution < -0.4 is 10.6 Å². The average Bonchev–Trinajstić information content (AvgIpc) is 2.67. The Morgan fingerprint density at radius 3 is 1.47 bits per heavy atom. The number of anilines is 2. The maximum Gasteiger partial charge on any atom is 0.293 e.